The first kappa shape index (κ1) is 9.91. The Balaban J connectivity index is 0.000000810. The van der Waals surface area contributed by atoms with Gasteiger partial charge in [0, 0.05) is 6.61 Å². The van der Waals surface area contributed by atoms with Crippen LogP contribution in [0, 0.1) is 5.92 Å². The molecule has 0 aliphatic carbocycles. The predicted molar refractivity (Wildman–Crippen MR) is 41.5 cm³/mol. The van der Waals surface area contributed by atoms with Gasteiger partial charge in [-0.05, 0) is 12.8 Å². The molecule has 0 radical (unpaired) electrons. The molecule has 0 aromatic rings. The van der Waals surface area contributed by atoms with Gasteiger partial charge in [0.2, 0.25) is 0 Å². The third-order valence-corrected chi connectivity index (χ3v) is 1.51. The highest BCUT2D eigenvalue weighted by Crippen LogP contribution is 2.12. The number of aliphatic carboxylic acids is 1. The van der Waals surface area contributed by atoms with E-state index >= 15 is 0 Å². The first-order valence-corrected chi connectivity index (χ1v) is 3.11. The van der Waals surface area contributed by atoms with Crippen LogP contribution in [0.25, 0.3) is 0 Å². The molecule has 4 heteroatoms. The van der Waals surface area contributed by atoms with Crippen molar-refractivity contribution >= 4 is 23.0 Å². The van der Waals surface area contributed by atoms with E-state index in [9.17, 15) is 4.79 Å². The maximum absolute atomic E-state index is 10.3. The fourth-order valence-electron chi connectivity index (χ4n) is 0.935. The van der Waals surface area contributed by atoms with Crippen molar-refractivity contribution in [3.05, 3.63) is 0 Å². The number of carbonyl (C=O) groups is 1. The zero-order valence-electron chi connectivity index (χ0n) is 5.58. The maximum atomic E-state index is 10.3. The molecule has 1 fully saturated rings. The van der Waals surface area contributed by atoms with Crippen molar-refractivity contribution in [3.8, 4) is 0 Å². The first-order chi connectivity index (χ1) is 4.30. The number of carboxylic acids is 1. The minimum absolute atomic E-state index is 0. The van der Waals surface area contributed by atoms with Gasteiger partial charge in [-0.25, -0.2) is 0 Å². The van der Waals surface area contributed by atoms with E-state index in [-0.39, 0.29) is 22.9 Å². The summed E-state index contributed by atoms with van der Waals surface area (Å²) in [6.07, 6.45) is 1.66. The number of halogens is 1. The largest absolute Gasteiger partial charge is 0.481 e. The molecule has 1 rings (SSSR count). The van der Waals surface area contributed by atoms with Crippen molar-refractivity contribution in [2.24, 2.45) is 5.92 Å². The summed E-state index contributed by atoms with van der Waals surface area (Å²) in [6, 6.07) is 0. The van der Waals surface area contributed by atoms with E-state index in [1.165, 1.54) is 0 Å². The summed E-state index contributed by atoms with van der Waals surface area (Å²) in [7, 11) is 0. The standard InChI is InChI=1S/C6H10O3.BrH/c7-6(8)5-2-1-3-9-4-5;/h5H,1-4H2,(H,7,8);1H. The van der Waals surface area contributed by atoms with Gasteiger partial charge in [0.05, 0.1) is 12.5 Å². The molecule has 0 bridgehead atoms. The van der Waals surface area contributed by atoms with Gasteiger partial charge in [0.25, 0.3) is 0 Å². The lowest BCUT2D eigenvalue weighted by molar-refractivity contribution is -0.145. The SMILES string of the molecule is Br.O=C(O)C1CCCOC1. The number of ether oxygens (including phenoxy) is 1. The van der Waals surface area contributed by atoms with Crippen LogP contribution in [-0.4, -0.2) is 24.3 Å². The topological polar surface area (TPSA) is 46.5 Å². The normalized spacial score (nSPS) is 25.0. The molecule has 10 heavy (non-hydrogen) atoms. The molecule has 1 aliphatic heterocycles. The lowest BCUT2D eigenvalue weighted by Crippen LogP contribution is -2.24. The lowest BCUT2D eigenvalue weighted by Gasteiger charge is -2.17. The average Bonchev–Trinajstić information content (AvgIpc) is 1.90. The van der Waals surface area contributed by atoms with E-state index in [2.05, 4.69) is 0 Å². The van der Waals surface area contributed by atoms with Crippen molar-refractivity contribution in [1.29, 1.82) is 0 Å². The summed E-state index contributed by atoms with van der Waals surface area (Å²) in [5.41, 5.74) is 0. The Morgan fingerprint density at radius 1 is 1.60 bits per heavy atom. The highest BCUT2D eigenvalue weighted by Gasteiger charge is 2.20. The van der Waals surface area contributed by atoms with Crippen LogP contribution in [0.1, 0.15) is 12.8 Å². The molecule has 1 atom stereocenters. The molecule has 0 aromatic carbocycles. The summed E-state index contributed by atoms with van der Waals surface area (Å²) in [6.45, 7) is 1.12. The second-order valence-corrected chi connectivity index (χ2v) is 2.25. The summed E-state index contributed by atoms with van der Waals surface area (Å²) in [5.74, 6) is -0.978. The lowest BCUT2D eigenvalue weighted by atomic mass is 10.0. The third-order valence-electron chi connectivity index (χ3n) is 1.51. The molecule has 1 saturated heterocycles. The van der Waals surface area contributed by atoms with Gasteiger partial charge in [-0.2, -0.15) is 0 Å². The van der Waals surface area contributed by atoms with Crippen LogP contribution < -0.4 is 0 Å². The molecular weight excluding hydrogens is 200 g/mol. The van der Waals surface area contributed by atoms with E-state index in [1.807, 2.05) is 0 Å². The van der Waals surface area contributed by atoms with E-state index in [4.69, 9.17) is 9.84 Å². The molecule has 1 aliphatic rings. The van der Waals surface area contributed by atoms with Crippen molar-refractivity contribution in [2.45, 2.75) is 12.8 Å². The second kappa shape index (κ2) is 4.68. The Morgan fingerprint density at radius 3 is 2.60 bits per heavy atom. The van der Waals surface area contributed by atoms with Gasteiger partial charge in [0.15, 0.2) is 0 Å². The number of carboxylic acid groups (broad SMARTS) is 1. The van der Waals surface area contributed by atoms with Gasteiger partial charge in [0.1, 0.15) is 0 Å². The summed E-state index contributed by atoms with van der Waals surface area (Å²) in [4.78, 5) is 10.3. The van der Waals surface area contributed by atoms with Crippen molar-refractivity contribution in [3.63, 3.8) is 0 Å². The van der Waals surface area contributed by atoms with Crippen molar-refractivity contribution < 1.29 is 14.6 Å². The molecule has 3 nitrogen and oxygen atoms in total. The van der Waals surface area contributed by atoms with Gasteiger partial charge in [-0.3, -0.25) is 4.79 Å². The Morgan fingerprint density at radius 2 is 2.30 bits per heavy atom. The van der Waals surface area contributed by atoms with Crippen LogP contribution in [0.3, 0.4) is 0 Å². The van der Waals surface area contributed by atoms with Crippen LogP contribution in [-0.2, 0) is 9.53 Å². The van der Waals surface area contributed by atoms with E-state index < -0.39 is 5.97 Å². The van der Waals surface area contributed by atoms with Crippen LogP contribution >= 0.6 is 17.0 Å². The number of hydrogen-bond donors (Lipinski definition) is 1. The first-order valence-electron chi connectivity index (χ1n) is 3.11. The highest BCUT2D eigenvalue weighted by molar-refractivity contribution is 8.93. The third kappa shape index (κ3) is 2.66. The van der Waals surface area contributed by atoms with Crippen LogP contribution in [0.15, 0.2) is 0 Å². The zero-order chi connectivity index (χ0) is 6.69. The van der Waals surface area contributed by atoms with Crippen molar-refractivity contribution in [2.75, 3.05) is 13.2 Å². The van der Waals surface area contributed by atoms with Gasteiger partial charge in [-0.15, -0.1) is 17.0 Å². The Bertz CT molecular complexity index is 110. The molecule has 60 valence electrons. The van der Waals surface area contributed by atoms with E-state index in [0.29, 0.717) is 6.61 Å². The molecule has 1 heterocycles. The molecule has 1 unspecified atom stereocenters. The molecule has 0 saturated carbocycles. The van der Waals surface area contributed by atoms with Crippen LogP contribution in [0.2, 0.25) is 0 Å². The summed E-state index contributed by atoms with van der Waals surface area (Å²) >= 11 is 0. The van der Waals surface area contributed by atoms with Crippen LogP contribution in [0.4, 0.5) is 0 Å². The highest BCUT2D eigenvalue weighted by atomic mass is 79.9. The Kier molecular flexibility index (Phi) is 4.64. The number of hydrogen-bond acceptors (Lipinski definition) is 2. The smallest absolute Gasteiger partial charge is 0.308 e. The molecule has 0 spiro atoms. The fourth-order valence-corrected chi connectivity index (χ4v) is 0.935. The zero-order valence-corrected chi connectivity index (χ0v) is 7.29. The van der Waals surface area contributed by atoms with Crippen molar-refractivity contribution in [1.82, 2.24) is 0 Å². The molecular formula is C6H11BrO3. The van der Waals surface area contributed by atoms with Gasteiger partial charge in [-0.1, -0.05) is 0 Å². The maximum Gasteiger partial charge on any atom is 0.308 e. The van der Waals surface area contributed by atoms with E-state index in [0.717, 1.165) is 19.4 Å². The summed E-state index contributed by atoms with van der Waals surface area (Å²) in [5, 5.41) is 8.46. The quantitative estimate of drug-likeness (QED) is 0.705. The average molecular weight is 211 g/mol. The number of rotatable bonds is 1. The molecule has 0 amide bonds. The second-order valence-electron chi connectivity index (χ2n) is 2.25. The van der Waals surface area contributed by atoms with Gasteiger partial charge >= 0.3 is 5.97 Å². The monoisotopic (exact) mass is 210 g/mol. The molecule has 0 aromatic heterocycles. The van der Waals surface area contributed by atoms with Crippen LogP contribution in [0.5, 0.6) is 0 Å². The minimum atomic E-state index is -0.727. The minimum Gasteiger partial charge on any atom is -0.481 e. The van der Waals surface area contributed by atoms with E-state index in [1.54, 1.807) is 0 Å². The Labute approximate surface area is 70.1 Å². The fraction of sp³-hybridized carbons (Fsp3) is 0.833. The Hall–Kier alpha value is -0.0900. The summed E-state index contributed by atoms with van der Waals surface area (Å²) < 4.78 is 4.96. The predicted octanol–water partition coefficient (Wildman–Crippen LogP) is 1.08. The molecule has 1 N–H and O–H groups in total. The van der Waals surface area contributed by atoms with Gasteiger partial charge < -0.3 is 9.84 Å².